The van der Waals surface area contributed by atoms with E-state index in [1.165, 1.54) is 11.5 Å². The van der Waals surface area contributed by atoms with Gasteiger partial charge in [0.05, 0.1) is 22.3 Å². The number of nitrogens with one attached hydrogen (secondary N) is 1. The van der Waals surface area contributed by atoms with Crippen molar-refractivity contribution in [2.75, 3.05) is 23.3 Å². The maximum absolute atomic E-state index is 12.4. The van der Waals surface area contributed by atoms with Crippen LogP contribution in [0.5, 0.6) is 0 Å². The molecule has 0 unspecified atom stereocenters. The Morgan fingerprint density at radius 3 is 2.46 bits per heavy atom. The van der Waals surface area contributed by atoms with Crippen LogP contribution in [0.4, 0.5) is 10.8 Å². The molecule has 1 amide bonds. The first-order valence-electron chi connectivity index (χ1n) is 7.96. The Kier molecular flexibility index (Phi) is 6.08. The lowest BCUT2D eigenvalue weighted by molar-refractivity contribution is -0.115. The number of carbonyl (C=O) groups excluding carboxylic acids is 1. The molecule has 1 aromatic heterocycles. The zero-order valence-electron chi connectivity index (χ0n) is 13.9. The molecule has 0 bridgehead atoms. The van der Waals surface area contributed by atoms with Gasteiger partial charge in [0.15, 0.2) is 5.82 Å². The monoisotopic (exact) mass is 406 g/mol. The molecule has 0 spiro atoms. The van der Waals surface area contributed by atoms with E-state index in [-0.39, 0.29) is 12.5 Å². The molecule has 5 nitrogen and oxygen atoms in total. The Hall–Kier alpha value is -2.15. The highest BCUT2D eigenvalue weighted by Gasteiger charge is 2.17. The van der Waals surface area contributed by atoms with Crippen molar-refractivity contribution >= 4 is 51.5 Å². The van der Waals surface area contributed by atoms with Crippen LogP contribution in [0.25, 0.3) is 11.4 Å². The van der Waals surface area contributed by atoms with Crippen LogP contribution in [0.3, 0.4) is 0 Å². The standard InChI is InChI=1S/C18H16Cl2N4OS/c1-2-24(11-15(25)21-16-13(19)9-6-10-14(16)20)18-22-17(23-26-18)12-7-4-3-5-8-12/h3-10H,2,11H2,1H3,(H,21,25). The molecular formula is C18H16Cl2N4OS. The number of benzene rings is 2. The topological polar surface area (TPSA) is 58.1 Å². The fourth-order valence-corrected chi connectivity index (χ4v) is 3.58. The number of hydrogen-bond donors (Lipinski definition) is 1. The van der Waals surface area contributed by atoms with E-state index in [0.29, 0.717) is 33.2 Å². The molecule has 26 heavy (non-hydrogen) atoms. The molecule has 1 heterocycles. The van der Waals surface area contributed by atoms with Gasteiger partial charge < -0.3 is 10.2 Å². The molecule has 0 fully saturated rings. The number of hydrogen-bond acceptors (Lipinski definition) is 5. The molecule has 0 aliphatic heterocycles. The number of carbonyl (C=O) groups is 1. The Morgan fingerprint density at radius 2 is 1.81 bits per heavy atom. The molecule has 0 radical (unpaired) electrons. The van der Waals surface area contributed by atoms with E-state index in [1.807, 2.05) is 42.2 Å². The van der Waals surface area contributed by atoms with Gasteiger partial charge in [-0.25, -0.2) is 0 Å². The smallest absolute Gasteiger partial charge is 0.244 e. The molecule has 0 saturated carbocycles. The summed E-state index contributed by atoms with van der Waals surface area (Å²) in [6, 6.07) is 14.8. The first-order valence-corrected chi connectivity index (χ1v) is 9.49. The SMILES string of the molecule is CCN(CC(=O)Nc1c(Cl)cccc1Cl)c1nc(-c2ccccc2)ns1. The van der Waals surface area contributed by atoms with Crippen molar-refractivity contribution in [3.05, 3.63) is 58.6 Å². The van der Waals surface area contributed by atoms with Crippen molar-refractivity contribution in [3.63, 3.8) is 0 Å². The Morgan fingerprint density at radius 1 is 1.12 bits per heavy atom. The molecule has 3 aromatic rings. The van der Waals surface area contributed by atoms with Crippen LogP contribution in [0.15, 0.2) is 48.5 Å². The molecule has 8 heteroatoms. The Bertz CT molecular complexity index is 881. The van der Waals surface area contributed by atoms with E-state index >= 15 is 0 Å². The zero-order valence-corrected chi connectivity index (χ0v) is 16.3. The second-order valence-corrected chi connectivity index (χ2v) is 6.97. The number of anilines is 2. The maximum Gasteiger partial charge on any atom is 0.244 e. The number of nitrogens with zero attached hydrogens (tertiary/aromatic N) is 3. The minimum Gasteiger partial charge on any atom is -0.338 e. The van der Waals surface area contributed by atoms with E-state index < -0.39 is 0 Å². The fourth-order valence-electron chi connectivity index (χ4n) is 2.33. The normalized spacial score (nSPS) is 10.6. The van der Waals surface area contributed by atoms with E-state index in [2.05, 4.69) is 14.7 Å². The number of halogens is 2. The maximum atomic E-state index is 12.4. The lowest BCUT2D eigenvalue weighted by atomic mass is 10.2. The van der Waals surface area contributed by atoms with E-state index in [9.17, 15) is 4.79 Å². The van der Waals surface area contributed by atoms with Crippen molar-refractivity contribution in [3.8, 4) is 11.4 Å². The van der Waals surface area contributed by atoms with Crippen LogP contribution in [-0.4, -0.2) is 28.4 Å². The summed E-state index contributed by atoms with van der Waals surface area (Å²) >= 11 is 13.5. The summed E-state index contributed by atoms with van der Waals surface area (Å²) in [6.07, 6.45) is 0. The first-order chi connectivity index (χ1) is 12.6. The number of amides is 1. The van der Waals surface area contributed by atoms with Crippen molar-refractivity contribution in [1.82, 2.24) is 9.36 Å². The second-order valence-electron chi connectivity index (χ2n) is 5.43. The molecule has 1 N–H and O–H groups in total. The van der Waals surface area contributed by atoms with Gasteiger partial charge in [0, 0.05) is 23.6 Å². The number of aromatic nitrogens is 2. The highest BCUT2D eigenvalue weighted by molar-refractivity contribution is 7.09. The highest BCUT2D eigenvalue weighted by atomic mass is 35.5. The molecule has 3 rings (SSSR count). The van der Waals surface area contributed by atoms with E-state index in [4.69, 9.17) is 23.2 Å². The summed E-state index contributed by atoms with van der Waals surface area (Å²) in [4.78, 5) is 18.8. The van der Waals surface area contributed by atoms with Crippen LogP contribution < -0.4 is 10.2 Å². The molecule has 0 saturated heterocycles. The third-order valence-electron chi connectivity index (χ3n) is 3.66. The average Bonchev–Trinajstić information content (AvgIpc) is 3.13. The quantitative estimate of drug-likeness (QED) is 0.626. The zero-order chi connectivity index (χ0) is 18.5. The molecule has 0 aliphatic carbocycles. The van der Waals surface area contributed by atoms with Gasteiger partial charge >= 0.3 is 0 Å². The van der Waals surface area contributed by atoms with Crippen molar-refractivity contribution < 1.29 is 4.79 Å². The van der Waals surface area contributed by atoms with Gasteiger partial charge in [-0.1, -0.05) is 59.6 Å². The molecule has 2 aromatic carbocycles. The van der Waals surface area contributed by atoms with Crippen LogP contribution in [0.1, 0.15) is 6.92 Å². The third kappa shape index (κ3) is 4.33. The Balaban J connectivity index is 1.72. The Labute approximate surface area is 165 Å². The van der Waals surface area contributed by atoms with E-state index in [1.54, 1.807) is 18.2 Å². The summed E-state index contributed by atoms with van der Waals surface area (Å²) < 4.78 is 4.39. The minimum absolute atomic E-state index is 0.126. The van der Waals surface area contributed by atoms with Gasteiger partial charge in [-0.05, 0) is 19.1 Å². The highest BCUT2D eigenvalue weighted by Crippen LogP contribution is 2.30. The summed E-state index contributed by atoms with van der Waals surface area (Å²) in [5.41, 5.74) is 1.36. The largest absolute Gasteiger partial charge is 0.338 e. The molecule has 0 aliphatic rings. The third-order valence-corrected chi connectivity index (χ3v) is 5.07. The van der Waals surface area contributed by atoms with Crippen LogP contribution in [-0.2, 0) is 4.79 Å². The van der Waals surface area contributed by atoms with Crippen LogP contribution in [0.2, 0.25) is 10.0 Å². The van der Waals surface area contributed by atoms with Gasteiger partial charge in [-0.3, -0.25) is 4.79 Å². The number of likely N-dealkylation sites (N-methyl/N-ethyl adjacent to an activating group) is 1. The lowest BCUT2D eigenvalue weighted by Crippen LogP contribution is -2.33. The summed E-state index contributed by atoms with van der Waals surface area (Å²) in [7, 11) is 0. The molecular weight excluding hydrogens is 391 g/mol. The van der Waals surface area contributed by atoms with Gasteiger partial charge in [-0.2, -0.15) is 9.36 Å². The summed E-state index contributed by atoms with van der Waals surface area (Å²) in [6.45, 7) is 2.70. The van der Waals surface area contributed by atoms with Gasteiger partial charge in [0.2, 0.25) is 11.0 Å². The van der Waals surface area contributed by atoms with E-state index in [0.717, 1.165) is 5.56 Å². The van der Waals surface area contributed by atoms with Gasteiger partial charge in [-0.15, -0.1) is 0 Å². The number of para-hydroxylation sites is 1. The summed E-state index contributed by atoms with van der Waals surface area (Å²) in [5, 5.41) is 4.25. The van der Waals surface area contributed by atoms with Gasteiger partial charge in [0.1, 0.15) is 0 Å². The van der Waals surface area contributed by atoms with Crippen LogP contribution in [0, 0.1) is 0 Å². The minimum atomic E-state index is -0.224. The van der Waals surface area contributed by atoms with Crippen LogP contribution >= 0.6 is 34.7 Å². The van der Waals surface area contributed by atoms with Crippen molar-refractivity contribution in [1.29, 1.82) is 0 Å². The second kappa shape index (κ2) is 8.49. The molecule has 0 atom stereocenters. The van der Waals surface area contributed by atoms with Crippen molar-refractivity contribution in [2.24, 2.45) is 0 Å². The fraction of sp³-hybridized carbons (Fsp3) is 0.167. The molecule has 134 valence electrons. The predicted molar refractivity (Wildman–Crippen MR) is 108 cm³/mol. The summed E-state index contributed by atoms with van der Waals surface area (Å²) in [5.74, 6) is 0.428. The lowest BCUT2D eigenvalue weighted by Gasteiger charge is -2.19. The number of rotatable bonds is 6. The first kappa shape index (κ1) is 18.6. The van der Waals surface area contributed by atoms with Gasteiger partial charge in [0.25, 0.3) is 0 Å². The average molecular weight is 407 g/mol. The predicted octanol–water partition coefficient (Wildman–Crippen LogP) is 4.98. The van der Waals surface area contributed by atoms with Crippen molar-refractivity contribution in [2.45, 2.75) is 6.92 Å².